The van der Waals surface area contributed by atoms with E-state index in [-0.39, 0.29) is 24.3 Å². The molecule has 0 spiro atoms. The highest BCUT2D eigenvalue weighted by Crippen LogP contribution is 2.22. The van der Waals surface area contributed by atoms with Gasteiger partial charge in [-0.3, -0.25) is 9.59 Å². The summed E-state index contributed by atoms with van der Waals surface area (Å²) in [5, 5.41) is 5.30. The van der Waals surface area contributed by atoms with Crippen molar-refractivity contribution in [3.8, 4) is 11.6 Å². The van der Waals surface area contributed by atoms with E-state index in [1.54, 1.807) is 12.1 Å². The van der Waals surface area contributed by atoms with Crippen LogP contribution < -0.4 is 15.4 Å². The molecule has 0 aliphatic carbocycles. The van der Waals surface area contributed by atoms with Crippen LogP contribution in [0.5, 0.6) is 11.6 Å². The minimum absolute atomic E-state index is 0.0654. The van der Waals surface area contributed by atoms with E-state index in [0.717, 1.165) is 12.0 Å². The van der Waals surface area contributed by atoms with E-state index in [1.165, 1.54) is 11.8 Å². The third-order valence-corrected chi connectivity index (χ3v) is 4.20. The molecule has 1 aromatic heterocycles. The lowest BCUT2D eigenvalue weighted by atomic mass is 10.1. The number of ether oxygens (including phenoxy) is 1. The molecule has 0 fully saturated rings. The minimum atomic E-state index is -0.300. The number of anilines is 1. The average Bonchev–Trinajstić information content (AvgIpc) is 2.63. The molecule has 6 heteroatoms. The fraction of sp³-hybridized carbons (Fsp3) is 0.350. The van der Waals surface area contributed by atoms with Gasteiger partial charge >= 0.3 is 0 Å². The van der Waals surface area contributed by atoms with Gasteiger partial charge in [-0.2, -0.15) is 0 Å². The van der Waals surface area contributed by atoms with Gasteiger partial charge in [-0.05, 0) is 49.6 Å². The van der Waals surface area contributed by atoms with Gasteiger partial charge in [-0.1, -0.05) is 19.9 Å². The molecule has 0 bridgehead atoms. The second-order valence-electron chi connectivity index (χ2n) is 6.31. The maximum atomic E-state index is 11.9. The molecule has 1 aromatic carbocycles. The van der Waals surface area contributed by atoms with Gasteiger partial charge < -0.3 is 15.4 Å². The Morgan fingerprint density at radius 2 is 1.92 bits per heavy atom. The molecular weight excluding hydrogens is 330 g/mol. The van der Waals surface area contributed by atoms with Crippen molar-refractivity contribution in [2.45, 2.75) is 34.1 Å². The number of amides is 2. The number of nitrogens with one attached hydrogen (secondary N) is 2. The van der Waals surface area contributed by atoms with Crippen molar-refractivity contribution in [1.82, 2.24) is 10.3 Å². The molecule has 0 saturated carbocycles. The van der Waals surface area contributed by atoms with Crippen molar-refractivity contribution in [3.05, 3.63) is 47.7 Å². The Kier molecular flexibility index (Phi) is 6.72. The lowest BCUT2D eigenvalue weighted by Gasteiger charge is -2.11. The number of aromatic nitrogens is 1. The Morgan fingerprint density at radius 1 is 1.15 bits per heavy atom. The van der Waals surface area contributed by atoms with Gasteiger partial charge in [0.05, 0.1) is 18.4 Å². The predicted octanol–water partition coefficient (Wildman–Crippen LogP) is 3.59. The summed E-state index contributed by atoms with van der Waals surface area (Å²) in [7, 11) is 0. The van der Waals surface area contributed by atoms with Gasteiger partial charge in [0.2, 0.25) is 17.7 Å². The number of benzene rings is 1. The summed E-state index contributed by atoms with van der Waals surface area (Å²) in [5.74, 6) is 0.622. The van der Waals surface area contributed by atoms with E-state index in [1.807, 2.05) is 45.9 Å². The average molecular weight is 355 g/mol. The van der Waals surface area contributed by atoms with Crippen LogP contribution in [-0.2, 0) is 9.59 Å². The van der Waals surface area contributed by atoms with Crippen molar-refractivity contribution >= 4 is 17.5 Å². The first-order valence-corrected chi connectivity index (χ1v) is 8.67. The molecule has 2 N–H and O–H groups in total. The second kappa shape index (κ2) is 8.99. The molecule has 2 rings (SSSR count). The Balaban J connectivity index is 1.87. The molecule has 1 unspecified atom stereocenters. The SMILES string of the molecule is CCC(C)C(=O)NCC(=O)Nc1ccc(Oc2ccc(C)c(C)c2)nc1. The molecule has 2 amide bonds. The fourth-order valence-electron chi connectivity index (χ4n) is 2.14. The maximum absolute atomic E-state index is 11.9. The maximum Gasteiger partial charge on any atom is 0.243 e. The number of pyridine rings is 1. The molecule has 0 saturated heterocycles. The summed E-state index contributed by atoms with van der Waals surface area (Å²) >= 11 is 0. The van der Waals surface area contributed by atoms with E-state index in [2.05, 4.69) is 15.6 Å². The molecule has 6 nitrogen and oxygen atoms in total. The highest BCUT2D eigenvalue weighted by molar-refractivity contribution is 5.94. The van der Waals surface area contributed by atoms with Crippen LogP contribution in [0.3, 0.4) is 0 Å². The molecule has 1 heterocycles. The monoisotopic (exact) mass is 355 g/mol. The Hall–Kier alpha value is -2.89. The van der Waals surface area contributed by atoms with Crippen LogP contribution in [0.1, 0.15) is 31.4 Å². The first kappa shape index (κ1) is 19.4. The molecule has 0 radical (unpaired) electrons. The number of rotatable bonds is 7. The zero-order valence-electron chi connectivity index (χ0n) is 15.6. The predicted molar refractivity (Wildman–Crippen MR) is 101 cm³/mol. The topological polar surface area (TPSA) is 80.3 Å². The van der Waals surface area contributed by atoms with Gasteiger partial charge in [0.15, 0.2) is 0 Å². The van der Waals surface area contributed by atoms with E-state index in [0.29, 0.717) is 17.3 Å². The Labute approximate surface area is 154 Å². The molecule has 138 valence electrons. The zero-order valence-corrected chi connectivity index (χ0v) is 15.6. The smallest absolute Gasteiger partial charge is 0.243 e. The molecule has 0 aliphatic rings. The summed E-state index contributed by atoms with van der Waals surface area (Å²) in [6.07, 6.45) is 2.25. The van der Waals surface area contributed by atoms with Gasteiger partial charge in [-0.15, -0.1) is 0 Å². The van der Waals surface area contributed by atoms with Crippen LogP contribution in [0.4, 0.5) is 5.69 Å². The second-order valence-corrected chi connectivity index (χ2v) is 6.31. The van der Waals surface area contributed by atoms with Crippen LogP contribution in [-0.4, -0.2) is 23.3 Å². The van der Waals surface area contributed by atoms with Gasteiger partial charge in [-0.25, -0.2) is 4.98 Å². The number of hydrogen-bond acceptors (Lipinski definition) is 4. The minimum Gasteiger partial charge on any atom is -0.439 e. The first-order valence-electron chi connectivity index (χ1n) is 8.67. The number of aryl methyl sites for hydroxylation is 2. The van der Waals surface area contributed by atoms with Crippen molar-refractivity contribution in [2.75, 3.05) is 11.9 Å². The van der Waals surface area contributed by atoms with Crippen LogP contribution in [0.25, 0.3) is 0 Å². The highest BCUT2D eigenvalue weighted by atomic mass is 16.5. The van der Waals surface area contributed by atoms with E-state index in [4.69, 9.17) is 4.74 Å². The molecule has 1 atom stereocenters. The molecule has 26 heavy (non-hydrogen) atoms. The van der Waals surface area contributed by atoms with E-state index in [9.17, 15) is 9.59 Å². The van der Waals surface area contributed by atoms with E-state index >= 15 is 0 Å². The Morgan fingerprint density at radius 3 is 2.54 bits per heavy atom. The lowest BCUT2D eigenvalue weighted by molar-refractivity contribution is -0.126. The summed E-state index contributed by atoms with van der Waals surface area (Å²) < 4.78 is 5.71. The zero-order chi connectivity index (χ0) is 19.1. The van der Waals surface area contributed by atoms with Crippen LogP contribution in [0.2, 0.25) is 0 Å². The summed E-state index contributed by atoms with van der Waals surface area (Å²) in [5.41, 5.74) is 2.88. The molecule has 2 aromatic rings. The van der Waals surface area contributed by atoms with Crippen molar-refractivity contribution in [2.24, 2.45) is 5.92 Å². The fourth-order valence-corrected chi connectivity index (χ4v) is 2.14. The molecule has 0 aliphatic heterocycles. The van der Waals surface area contributed by atoms with Crippen molar-refractivity contribution in [1.29, 1.82) is 0 Å². The number of nitrogens with zero attached hydrogens (tertiary/aromatic N) is 1. The van der Waals surface area contributed by atoms with Crippen molar-refractivity contribution < 1.29 is 14.3 Å². The molecular formula is C20H25N3O3. The van der Waals surface area contributed by atoms with Crippen LogP contribution in [0.15, 0.2) is 36.5 Å². The van der Waals surface area contributed by atoms with Gasteiger partial charge in [0.1, 0.15) is 5.75 Å². The summed E-state index contributed by atoms with van der Waals surface area (Å²) in [6, 6.07) is 9.22. The number of carbonyl (C=O) groups is 2. The number of carbonyl (C=O) groups excluding carboxylic acids is 2. The van der Waals surface area contributed by atoms with Gasteiger partial charge in [0, 0.05) is 12.0 Å². The van der Waals surface area contributed by atoms with Crippen LogP contribution >= 0.6 is 0 Å². The largest absolute Gasteiger partial charge is 0.439 e. The van der Waals surface area contributed by atoms with Gasteiger partial charge in [0.25, 0.3) is 0 Å². The third kappa shape index (κ3) is 5.58. The number of hydrogen-bond donors (Lipinski definition) is 2. The standard InChI is InChI=1S/C20H25N3O3/c1-5-13(2)20(25)22-12-18(24)23-16-7-9-19(21-11-16)26-17-8-6-14(3)15(4)10-17/h6-11,13H,5,12H2,1-4H3,(H,22,25)(H,23,24). The quantitative estimate of drug-likeness (QED) is 0.795. The third-order valence-electron chi connectivity index (χ3n) is 4.20. The van der Waals surface area contributed by atoms with Crippen LogP contribution in [0, 0.1) is 19.8 Å². The van der Waals surface area contributed by atoms with Crippen molar-refractivity contribution in [3.63, 3.8) is 0 Å². The summed E-state index contributed by atoms with van der Waals surface area (Å²) in [4.78, 5) is 27.8. The lowest BCUT2D eigenvalue weighted by Crippen LogP contribution is -2.35. The van der Waals surface area contributed by atoms with E-state index < -0.39 is 0 Å². The summed E-state index contributed by atoms with van der Waals surface area (Å²) in [6.45, 7) is 7.75. The highest BCUT2D eigenvalue weighted by Gasteiger charge is 2.11. The Bertz CT molecular complexity index is 772. The normalized spacial score (nSPS) is 11.5. The first-order chi connectivity index (χ1) is 12.4.